The summed E-state index contributed by atoms with van der Waals surface area (Å²) in [5.41, 5.74) is 16.7. The van der Waals surface area contributed by atoms with E-state index in [1.165, 1.54) is 10.8 Å². The summed E-state index contributed by atoms with van der Waals surface area (Å²) in [6, 6.07) is 74.0. The van der Waals surface area contributed by atoms with Crippen molar-refractivity contribution in [2.45, 2.75) is 0 Å². The van der Waals surface area contributed by atoms with Crippen LogP contribution in [0.1, 0.15) is 0 Å². The maximum absolute atomic E-state index is 6.85. The fourth-order valence-electron chi connectivity index (χ4n) is 10.9. The van der Waals surface area contributed by atoms with Crippen molar-refractivity contribution in [3.63, 3.8) is 0 Å². The van der Waals surface area contributed by atoms with Crippen LogP contribution < -0.4 is 4.90 Å². The number of rotatable bonds is 4. The number of fused-ring (bicyclic) bond motifs is 17. The molecule has 9 aromatic carbocycles. The Hall–Kier alpha value is -8.74. The molecule has 0 atom stereocenters. The van der Waals surface area contributed by atoms with Crippen molar-refractivity contribution in [3.05, 3.63) is 206 Å². The van der Waals surface area contributed by atoms with Gasteiger partial charge < -0.3 is 27.1 Å². The highest BCUT2D eigenvalue weighted by atomic mass is 16.3. The Balaban J connectivity index is 1.13. The smallest absolute Gasteiger partial charge is 0.161 e. The Morgan fingerprint density at radius 2 is 0.750 bits per heavy atom. The Labute approximate surface area is 364 Å². The molecular formula is C58H34N4O2. The Kier molecular flexibility index (Phi) is 6.59. The molecule has 0 spiro atoms. The molecule has 15 rings (SSSR count). The summed E-state index contributed by atoms with van der Waals surface area (Å²) in [7, 11) is 0. The number of hydrogen-bond donors (Lipinski definition) is 0. The van der Waals surface area contributed by atoms with Crippen LogP contribution in [0.3, 0.4) is 0 Å². The highest BCUT2D eigenvalue weighted by molar-refractivity contribution is 6.28. The van der Waals surface area contributed by atoms with Gasteiger partial charge in [0.25, 0.3) is 0 Å². The first-order chi connectivity index (χ1) is 31.8. The molecular weight excluding hydrogens is 785 g/mol. The first-order valence-corrected chi connectivity index (χ1v) is 21.8. The maximum Gasteiger partial charge on any atom is 0.161 e. The Bertz CT molecular complexity index is 4370. The second kappa shape index (κ2) is 12.4. The van der Waals surface area contributed by atoms with Crippen molar-refractivity contribution in [1.82, 2.24) is 13.4 Å². The van der Waals surface area contributed by atoms with E-state index >= 15 is 0 Å². The van der Waals surface area contributed by atoms with Gasteiger partial charge in [0, 0.05) is 65.8 Å². The van der Waals surface area contributed by atoms with Gasteiger partial charge in [0.15, 0.2) is 11.2 Å². The molecule has 0 fully saturated rings. The molecule has 6 aromatic heterocycles. The minimum absolute atomic E-state index is 0.870. The van der Waals surface area contributed by atoms with E-state index in [1.807, 2.05) is 0 Å². The average Bonchev–Trinajstić information content (AvgIpc) is 4.15. The summed E-state index contributed by atoms with van der Waals surface area (Å²) in [5.74, 6) is 0. The van der Waals surface area contributed by atoms with Crippen LogP contribution in [0, 0.1) is 0 Å². The second-order valence-electron chi connectivity index (χ2n) is 16.9. The van der Waals surface area contributed by atoms with Crippen LogP contribution in [0.15, 0.2) is 215 Å². The van der Waals surface area contributed by atoms with Crippen LogP contribution in [0.2, 0.25) is 0 Å². The van der Waals surface area contributed by atoms with E-state index in [0.717, 1.165) is 122 Å². The average molecular weight is 819 g/mol. The van der Waals surface area contributed by atoms with Gasteiger partial charge in [-0.3, -0.25) is 0 Å². The molecule has 0 aliphatic rings. The molecule has 0 N–H and O–H groups in total. The Morgan fingerprint density at radius 1 is 0.297 bits per heavy atom. The number of aromatic nitrogens is 3. The number of nitrogens with zero attached hydrogens (tertiary/aromatic N) is 4. The van der Waals surface area contributed by atoms with Crippen molar-refractivity contribution >= 4 is 127 Å². The summed E-state index contributed by atoms with van der Waals surface area (Å²) < 4.78 is 21.1. The molecule has 64 heavy (non-hydrogen) atoms. The number of hydrogen-bond acceptors (Lipinski definition) is 3. The van der Waals surface area contributed by atoms with Gasteiger partial charge in [-0.25, -0.2) is 0 Å². The van der Waals surface area contributed by atoms with Crippen LogP contribution in [-0.2, 0) is 0 Å². The highest BCUT2D eigenvalue weighted by Gasteiger charge is 2.26. The molecule has 6 nitrogen and oxygen atoms in total. The van der Waals surface area contributed by atoms with Crippen molar-refractivity contribution in [1.29, 1.82) is 0 Å². The summed E-state index contributed by atoms with van der Waals surface area (Å²) >= 11 is 0. The minimum atomic E-state index is 0.870. The lowest BCUT2D eigenvalue weighted by Gasteiger charge is -2.25. The zero-order valence-corrected chi connectivity index (χ0v) is 34.2. The lowest BCUT2D eigenvalue weighted by atomic mass is 10.1. The van der Waals surface area contributed by atoms with E-state index in [1.54, 1.807) is 0 Å². The van der Waals surface area contributed by atoms with Gasteiger partial charge in [-0.05, 0) is 103 Å². The molecule has 0 aliphatic carbocycles. The van der Waals surface area contributed by atoms with Crippen LogP contribution in [-0.4, -0.2) is 13.4 Å². The third-order valence-electron chi connectivity index (χ3n) is 13.5. The predicted octanol–water partition coefficient (Wildman–Crippen LogP) is 16.0. The third-order valence-corrected chi connectivity index (χ3v) is 13.5. The fourth-order valence-corrected chi connectivity index (χ4v) is 10.9. The van der Waals surface area contributed by atoms with Crippen molar-refractivity contribution in [3.8, 4) is 5.69 Å². The SMILES string of the molecule is c1ccc(N(c2ccccc2)c2ccc(-n3c4ccccc4c4cc5c(cc43)n3c4c(cccc4c4oc6ccccc6c43)c3cccc4c6oc7ccccc7c6n5c34)cc2)cc1. The summed E-state index contributed by atoms with van der Waals surface area (Å²) in [6.07, 6.45) is 0. The molecule has 0 aliphatic heterocycles. The first-order valence-electron chi connectivity index (χ1n) is 21.8. The topological polar surface area (TPSA) is 43.3 Å². The highest BCUT2D eigenvalue weighted by Crippen LogP contribution is 2.46. The second-order valence-corrected chi connectivity index (χ2v) is 16.9. The van der Waals surface area contributed by atoms with Gasteiger partial charge in [-0.15, -0.1) is 0 Å². The maximum atomic E-state index is 6.85. The van der Waals surface area contributed by atoms with E-state index in [-0.39, 0.29) is 0 Å². The van der Waals surface area contributed by atoms with Crippen molar-refractivity contribution in [2.24, 2.45) is 0 Å². The zero-order chi connectivity index (χ0) is 41.6. The molecule has 0 bridgehead atoms. The number of anilines is 3. The zero-order valence-electron chi connectivity index (χ0n) is 34.2. The number of furan rings is 2. The monoisotopic (exact) mass is 818 g/mol. The summed E-state index contributed by atoms with van der Waals surface area (Å²) in [5, 5.41) is 8.97. The lowest BCUT2D eigenvalue weighted by molar-refractivity contribution is 0.672. The van der Waals surface area contributed by atoms with E-state index in [4.69, 9.17) is 8.83 Å². The predicted molar refractivity (Wildman–Crippen MR) is 264 cm³/mol. The molecule has 0 amide bonds. The van der Waals surface area contributed by atoms with E-state index in [9.17, 15) is 0 Å². The van der Waals surface area contributed by atoms with Gasteiger partial charge in [0.05, 0.1) is 33.1 Å². The minimum Gasteiger partial charge on any atom is -0.454 e. The van der Waals surface area contributed by atoms with E-state index in [2.05, 4.69) is 225 Å². The van der Waals surface area contributed by atoms with Crippen LogP contribution in [0.5, 0.6) is 0 Å². The van der Waals surface area contributed by atoms with E-state index < -0.39 is 0 Å². The number of benzene rings is 9. The number of para-hydroxylation sites is 7. The lowest BCUT2D eigenvalue weighted by Crippen LogP contribution is -2.09. The molecule has 15 aromatic rings. The first kappa shape index (κ1) is 33.9. The molecule has 0 saturated heterocycles. The quantitative estimate of drug-likeness (QED) is 0.178. The Morgan fingerprint density at radius 3 is 1.33 bits per heavy atom. The van der Waals surface area contributed by atoms with Gasteiger partial charge in [0.1, 0.15) is 22.2 Å². The van der Waals surface area contributed by atoms with E-state index in [0.29, 0.717) is 0 Å². The molecule has 0 saturated carbocycles. The molecule has 0 radical (unpaired) electrons. The van der Waals surface area contributed by atoms with Crippen molar-refractivity contribution in [2.75, 3.05) is 4.90 Å². The fraction of sp³-hybridized carbons (Fsp3) is 0. The van der Waals surface area contributed by atoms with Crippen LogP contribution in [0.25, 0.3) is 115 Å². The van der Waals surface area contributed by atoms with Crippen LogP contribution in [0.4, 0.5) is 17.1 Å². The summed E-state index contributed by atoms with van der Waals surface area (Å²) in [4.78, 5) is 2.31. The summed E-state index contributed by atoms with van der Waals surface area (Å²) in [6.45, 7) is 0. The van der Waals surface area contributed by atoms with Crippen LogP contribution >= 0.6 is 0 Å². The van der Waals surface area contributed by atoms with Gasteiger partial charge in [-0.1, -0.05) is 103 Å². The molecule has 298 valence electrons. The van der Waals surface area contributed by atoms with Gasteiger partial charge >= 0.3 is 0 Å². The van der Waals surface area contributed by atoms with Gasteiger partial charge in [0.2, 0.25) is 0 Å². The molecule has 0 unspecified atom stereocenters. The normalized spacial score (nSPS) is 12.4. The molecule has 6 heteroatoms. The standard InChI is InChI=1S/C58H34N4O2/c1-3-15-35(16-4-1)59(36-17-5-2-6-18-36)37-29-31-38(32-30-37)60-47-26-10-7-19-39(47)46-33-49-50(34-48(46)60)62-54-41(23-14-25-45(54)58-56(62)43-21-9-12-28-52(43)64-58)40-22-13-24-44-53(40)61(49)55-42-20-8-11-27-51(42)63-57(44)55/h1-34H. The van der Waals surface area contributed by atoms with Gasteiger partial charge in [-0.2, -0.15) is 0 Å². The third kappa shape index (κ3) is 4.38. The van der Waals surface area contributed by atoms with Crippen molar-refractivity contribution < 1.29 is 8.83 Å². The largest absolute Gasteiger partial charge is 0.454 e. The molecule has 6 heterocycles.